The fraction of sp³-hybridized carbons (Fsp3) is 0.667. The number of hydrogen-bond acceptors (Lipinski definition) is 4. The highest BCUT2D eigenvalue weighted by Gasteiger charge is 2.20. The van der Waals surface area contributed by atoms with Gasteiger partial charge in [0.15, 0.2) is 5.69 Å². The largest absolute Gasteiger partial charge is 0.366 e. The Balaban J connectivity index is 1.90. The Morgan fingerprint density at radius 3 is 2.45 bits per heavy atom. The van der Waals surface area contributed by atoms with Crippen LogP contribution < -0.4 is 5.32 Å². The first kappa shape index (κ1) is 14.8. The molecular formula is C15H24N4O. The van der Waals surface area contributed by atoms with Crippen molar-refractivity contribution in [2.45, 2.75) is 45.1 Å². The van der Waals surface area contributed by atoms with Gasteiger partial charge in [-0.2, -0.15) is 0 Å². The maximum absolute atomic E-state index is 11.7. The molecule has 0 unspecified atom stereocenters. The maximum Gasteiger partial charge on any atom is 0.273 e. The summed E-state index contributed by atoms with van der Waals surface area (Å²) in [6.45, 7) is 2.27. The summed E-state index contributed by atoms with van der Waals surface area (Å²) in [5.74, 6) is 1.53. The molecule has 5 heteroatoms. The molecule has 5 nitrogen and oxygen atoms in total. The number of aromatic nitrogens is 2. The summed E-state index contributed by atoms with van der Waals surface area (Å²) in [7, 11) is 3.42. The third kappa shape index (κ3) is 3.68. The Morgan fingerprint density at radius 2 is 1.95 bits per heavy atom. The van der Waals surface area contributed by atoms with Gasteiger partial charge in [-0.05, 0) is 43.7 Å². The van der Waals surface area contributed by atoms with Crippen molar-refractivity contribution in [3.8, 4) is 0 Å². The normalized spacial score (nSPS) is 22.4. The number of amides is 1. The quantitative estimate of drug-likeness (QED) is 0.918. The van der Waals surface area contributed by atoms with Gasteiger partial charge in [0.2, 0.25) is 0 Å². The van der Waals surface area contributed by atoms with E-state index in [1.165, 1.54) is 37.0 Å². The number of rotatable bonds is 4. The number of anilines is 1. The third-order valence-electron chi connectivity index (χ3n) is 4.07. The van der Waals surface area contributed by atoms with Crippen molar-refractivity contribution < 1.29 is 4.79 Å². The van der Waals surface area contributed by atoms with E-state index in [-0.39, 0.29) is 5.91 Å². The van der Waals surface area contributed by atoms with E-state index >= 15 is 0 Å². The first-order valence-electron chi connectivity index (χ1n) is 7.42. The fourth-order valence-corrected chi connectivity index (χ4v) is 2.68. The van der Waals surface area contributed by atoms with Crippen LogP contribution in [0.25, 0.3) is 0 Å². The Bertz CT molecular complexity index is 436. The van der Waals surface area contributed by atoms with Crippen LogP contribution in [0.1, 0.15) is 49.5 Å². The van der Waals surface area contributed by atoms with Gasteiger partial charge in [-0.25, -0.2) is 0 Å². The van der Waals surface area contributed by atoms with Crippen molar-refractivity contribution in [1.29, 1.82) is 0 Å². The van der Waals surface area contributed by atoms with Gasteiger partial charge in [-0.1, -0.05) is 13.3 Å². The van der Waals surface area contributed by atoms with Crippen LogP contribution in [0.3, 0.4) is 0 Å². The van der Waals surface area contributed by atoms with Gasteiger partial charge in [0.1, 0.15) is 5.82 Å². The number of hydrogen-bond donors (Lipinski definition) is 1. The Kier molecular flexibility index (Phi) is 4.93. The van der Waals surface area contributed by atoms with Crippen molar-refractivity contribution in [3.63, 3.8) is 0 Å². The zero-order chi connectivity index (χ0) is 14.5. The van der Waals surface area contributed by atoms with Gasteiger partial charge < -0.3 is 10.2 Å². The Hall–Kier alpha value is -1.65. The molecule has 1 aliphatic carbocycles. The second kappa shape index (κ2) is 6.68. The van der Waals surface area contributed by atoms with Crippen molar-refractivity contribution in [1.82, 2.24) is 15.1 Å². The van der Waals surface area contributed by atoms with Gasteiger partial charge >= 0.3 is 0 Å². The summed E-state index contributed by atoms with van der Waals surface area (Å²) in [6, 6.07) is 4.06. The molecule has 0 spiro atoms. The number of nitrogens with zero attached hydrogens (tertiary/aromatic N) is 3. The highest BCUT2D eigenvalue weighted by Crippen LogP contribution is 2.27. The average molecular weight is 276 g/mol. The second-order valence-corrected chi connectivity index (χ2v) is 5.77. The zero-order valence-electron chi connectivity index (χ0n) is 12.6. The van der Waals surface area contributed by atoms with E-state index in [9.17, 15) is 4.79 Å². The lowest BCUT2D eigenvalue weighted by Crippen LogP contribution is -2.27. The molecule has 1 N–H and O–H groups in total. The van der Waals surface area contributed by atoms with Crippen LogP contribution in [-0.4, -0.2) is 41.1 Å². The summed E-state index contributed by atoms with van der Waals surface area (Å²) < 4.78 is 0. The summed E-state index contributed by atoms with van der Waals surface area (Å²) >= 11 is 0. The Labute approximate surface area is 120 Å². The summed E-state index contributed by atoms with van der Waals surface area (Å²) in [4.78, 5) is 13.2. The van der Waals surface area contributed by atoms with E-state index in [1.807, 2.05) is 6.07 Å². The predicted molar refractivity (Wildman–Crippen MR) is 79.7 cm³/mol. The van der Waals surface area contributed by atoms with Crippen molar-refractivity contribution >= 4 is 11.7 Å². The van der Waals surface area contributed by atoms with Crippen LogP contribution in [0, 0.1) is 5.92 Å². The SMILES string of the molecule is CCC1CCC(Nc2ccc(C(=O)N(C)C)nn2)CC1. The summed E-state index contributed by atoms with van der Waals surface area (Å²) in [6.07, 6.45) is 6.25. The molecular weight excluding hydrogens is 252 g/mol. The summed E-state index contributed by atoms with van der Waals surface area (Å²) in [5.41, 5.74) is 0.384. The molecule has 0 bridgehead atoms. The molecule has 20 heavy (non-hydrogen) atoms. The lowest BCUT2D eigenvalue weighted by molar-refractivity contribution is 0.0821. The zero-order valence-corrected chi connectivity index (χ0v) is 12.6. The highest BCUT2D eigenvalue weighted by molar-refractivity contribution is 5.91. The van der Waals surface area contributed by atoms with Crippen LogP contribution in [-0.2, 0) is 0 Å². The van der Waals surface area contributed by atoms with Crippen LogP contribution in [0.2, 0.25) is 0 Å². The molecule has 0 aliphatic heterocycles. The number of nitrogens with one attached hydrogen (secondary N) is 1. The minimum Gasteiger partial charge on any atom is -0.366 e. The minimum atomic E-state index is -0.118. The average Bonchev–Trinajstić information content (AvgIpc) is 2.48. The van der Waals surface area contributed by atoms with E-state index < -0.39 is 0 Å². The van der Waals surface area contributed by atoms with E-state index in [2.05, 4.69) is 22.4 Å². The second-order valence-electron chi connectivity index (χ2n) is 5.77. The first-order chi connectivity index (χ1) is 9.60. The lowest BCUT2D eigenvalue weighted by Gasteiger charge is -2.28. The predicted octanol–water partition coefficient (Wildman–Crippen LogP) is 2.56. The van der Waals surface area contributed by atoms with Crippen LogP contribution in [0.15, 0.2) is 12.1 Å². The van der Waals surface area contributed by atoms with E-state index in [1.54, 1.807) is 20.2 Å². The van der Waals surface area contributed by atoms with Gasteiger partial charge in [0.25, 0.3) is 5.91 Å². The molecule has 0 saturated heterocycles. The standard InChI is InChI=1S/C15H24N4O/c1-4-11-5-7-12(8-6-11)16-14-10-9-13(17-18-14)15(20)19(2)3/h9-12H,4-8H2,1-3H3,(H,16,18). The topological polar surface area (TPSA) is 58.1 Å². The minimum absolute atomic E-state index is 0.118. The van der Waals surface area contributed by atoms with Crippen LogP contribution in [0.5, 0.6) is 0 Å². The Morgan fingerprint density at radius 1 is 1.25 bits per heavy atom. The maximum atomic E-state index is 11.7. The van der Waals surface area contributed by atoms with Gasteiger partial charge in [-0.3, -0.25) is 4.79 Å². The molecule has 1 fully saturated rings. The first-order valence-corrected chi connectivity index (χ1v) is 7.42. The van der Waals surface area contributed by atoms with Crippen LogP contribution >= 0.6 is 0 Å². The molecule has 110 valence electrons. The summed E-state index contributed by atoms with van der Waals surface area (Å²) in [5, 5.41) is 11.5. The van der Waals surface area contributed by atoms with Crippen molar-refractivity contribution in [2.24, 2.45) is 5.92 Å². The molecule has 0 atom stereocenters. The molecule has 1 heterocycles. The molecule has 0 aromatic carbocycles. The molecule has 1 saturated carbocycles. The van der Waals surface area contributed by atoms with E-state index in [4.69, 9.17) is 0 Å². The van der Waals surface area contributed by atoms with Gasteiger partial charge in [0.05, 0.1) is 0 Å². The van der Waals surface area contributed by atoms with Crippen molar-refractivity contribution in [3.05, 3.63) is 17.8 Å². The molecule has 0 radical (unpaired) electrons. The molecule has 1 amide bonds. The van der Waals surface area contributed by atoms with Gasteiger partial charge in [-0.15, -0.1) is 10.2 Å². The third-order valence-corrected chi connectivity index (χ3v) is 4.07. The molecule has 2 rings (SSSR count). The van der Waals surface area contributed by atoms with Gasteiger partial charge in [0, 0.05) is 20.1 Å². The molecule has 1 aliphatic rings. The lowest BCUT2D eigenvalue weighted by atomic mass is 9.84. The fourth-order valence-electron chi connectivity index (χ4n) is 2.68. The van der Waals surface area contributed by atoms with E-state index in [0.717, 1.165) is 11.7 Å². The van der Waals surface area contributed by atoms with E-state index in [0.29, 0.717) is 11.7 Å². The van der Waals surface area contributed by atoms with Crippen LogP contribution in [0.4, 0.5) is 5.82 Å². The smallest absolute Gasteiger partial charge is 0.273 e. The number of carbonyl (C=O) groups excluding carboxylic acids is 1. The highest BCUT2D eigenvalue weighted by atomic mass is 16.2. The monoisotopic (exact) mass is 276 g/mol. The molecule has 1 aromatic rings. The number of carbonyl (C=O) groups is 1. The van der Waals surface area contributed by atoms with Crippen molar-refractivity contribution in [2.75, 3.05) is 19.4 Å². The molecule has 1 aromatic heterocycles.